The van der Waals surface area contributed by atoms with Crippen LogP contribution in [-0.4, -0.2) is 7.11 Å². The number of nitrogens with zero attached hydrogens (tertiary/aromatic N) is 2. The van der Waals surface area contributed by atoms with Gasteiger partial charge in [-0.15, -0.1) is 0 Å². The minimum Gasteiger partial charge on any atom is -0.497 e. The molecule has 7 aromatic rings. The van der Waals surface area contributed by atoms with Crippen molar-refractivity contribution in [1.29, 1.82) is 0 Å². The van der Waals surface area contributed by atoms with Crippen LogP contribution in [0.2, 0.25) is 0 Å². The highest BCUT2D eigenvalue weighted by atomic mass is 16.5. The molecule has 0 aromatic heterocycles. The summed E-state index contributed by atoms with van der Waals surface area (Å²) in [6, 6.07) is 50.1. The van der Waals surface area contributed by atoms with Gasteiger partial charge < -0.3 is 14.5 Å². The van der Waals surface area contributed by atoms with Gasteiger partial charge in [-0.05, 0) is 125 Å². The Hall–Kier alpha value is -5.54. The molecule has 0 unspecified atom stereocenters. The second-order valence-corrected chi connectivity index (χ2v) is 17.4. The van der Waals surface area contributed by atoms with E-state index in [1.807, 2.05) is 0 Å². The third-order valence-corrected chi connectivity index (χ3v) is 11.3. The van der Waals surface area contributed by atoms with Crippen LogP contribution in [-0.2, 0) is 5.41 Å². The highest BCUT2D eigenvalue weighted by Gasteiger charge is 2.27. The number of anilines is 6. The van der Waals surface area contributed by atoms with Gasteiger partial charge in [-0.3, -0.25) is 0 Å². The van der Waals surface area contributed by atoms with Gasteiger partial charge in [-0.1, -0.05) is 129 Å². The highest BCUT2D eigenvalue weighted by Crippen LogP contribution is 2.52. The minimum absolute atomic E-state index is 0.0401. The Morgan fingerprint density at radius 2 is 0.786 bits per heavy atom. The highest BCUT2D eigenvalue weighted by molar-refractivity contribution is 6.23. The van der Waals surface area contributed by atoms with Crippen molar-refractivity contribution in [3.8, 4) is 5.75 Å². The smallest absolute Gasteiger partial charge is 0.119 e. The van der Waals surface area contributed by atoms with Crippen LogP contribution in [0, 0.1) is 6.92 Å². The first-order valence-electron chi connectivity index (χ1n) is 20.3. The predicted molar refractivity (Wildman–Crippen MR) is 243 cm³/mol. The van der Waals surface area contributed by atoms with Crippen LogP contribution >= 0.6 is 0 Å². The van der Waals surface area contributed by atoms with E-state index in [2.05, 4.69) is 212 Å². The van der Waals surface area contributed by atoms with Crippen molar-refractivity contribution < 1.29 is 4.74 Å². The first-order chi connectivity index (χ1) is 26.7. The van der Waals surface area contributed by atoms with Crippen LogP contribution in [0.1, 0.15) is 108 Å². The van der Waals surface area contributed by atoms with E-state index in [0.717, 1.165) is 50.6 Å². The summed E-state index contributed by atoms with van der Waals surface area (Å²) in [7, 11) is 1.76. The van der Waals surface area contributed by atoms with Gasteiger partial charge in [0.1, 0.15) is 5.75 Å². The molecule has 0 heterocycles. The second kappa shape index (κ2) is 15.5. The number of benzene rings is 7. The summed E-state index contributed by atoms with van der Waals surface area (Å²) >= 11 is 0. The van der Waals surface area contributed by atoms with Gasteiger partial charge in [0.15, 0.2) is 0 Å². The molecular weight excluding hydrogens is 681 g/mol. The standard InChI is InChI=1S/C53H58N2O/c1-34(2)38-13-21-42(22-14-38)54(43-23-15-39(16-24-43)35(3)4)51-48-31-29-46(56-11)33-50(48)52(47-30-12-37(7)32-49(47)51)55(44-25-17-40(18-26-44)36(5)6)45-27-19-41(20-28-45)53(8,9)10/h12-36H,1-11H3. The normalized spacial score (nSPS) is 12.0. The molecule has 0 aliphatic heterocycles. The Morgan fingerprint density at radius 3 is 1.14 bits per heavy atom. The number of ether oxygens (including phenoxy) is 1. The molecule has 0 amide bonds. The number of aryl methyl sites for hydroxylation is 1. The molecule has 0 radical (unpaired) electrons. The molecule has 0 spiro atoms. The zero-order chi connectivity index (χ0) is 39.9. The Balaban J connectivity index is 1.60. The maximum absolute atomic E-state index is 6.00. The molecule has 3 heteroatoms. The van der Waals surface area contributed by atoms with Crippen LogP contribution in [0.4, 0.5) is 34.1 Å². The quantitative estimate of drug-likeness (QED) is 0.103. The lowest BCUT2D eigenvalue weighted by Crippen LogP contribution is -2.15. The average molecular weight is 739 g/mol. The molecule has 0 aliphatic carbocycles. The van der Waals surface area contributed by atoms with Gasteiger partial charge in [-0.2, -0.15) is 0 Å². The van der Waals surface area contributed by atoms with Crippen molar-refractivity contribution in [3.63, 3.8) is 0 Å². The molecule has 0 aliphatic rings. The van der Waals surface area contributed by atoms with Gasteiger partial charge in [0.2, 0.25) is 0 Å². The van der Waals surface area contributed by atoms with Gasteiger partial charge in [0, 0.05) is 44.3 Å². The summed E-state index contributed by atoms with van der Waals surface area (Å²) in [6.07, 6.45) is 0. The van der Waals surface area contributed by atoms with Crippen molar-refractivity contribution >= 4 is 55.7 Å². The van der Waals surface area contributed by atoms with Crippen LogP contribution in [0.5, 0.6) is 5.75 Å². The van der Waals surface area contributed by atoms with E-state index in [1.54, 1.807) is 7.11 Å². The van der Waals surface area contributed by atoms with Crippen molar-refractivity contribution in [2.24, 2.45) is 0 Å². The molecule has 0 atom stereocenters. The topological polar surface area (TPSA) is 15.7 Å². The summed E-state index contributed by atoms with van der Waals surface area (Å²) < 4.78 is 6.00. The number of methoxy groups -OCH3 is 1. The van der Waals surface area contributed by atoms with Crippen LogP contribution in [0.15, 0.2) is 133 Å². The Labute approximate surface area is 335 Å². The monoisotopic (exact) mass is 738 g/mol. The largest absolute Gasteiger partial charge is 0.497 e. The average Bonchev–Trinajstić information content (AvgIpc) is 3.19. The lowest BCUT2D eigenvalue weighted by Gasteiger charge is -2.33. The molecule has 286 valence electrons. The summed E-state index contributed by atoms with van der Waals surface area (Å²) in [4.78, 5) is 4.92. The van der Waals surface area contributed by atoms with Crippen molar-refractivity contribution in [2.75, 3.05) is 16.9 Å². The number of fused-ring (bicyclic) bond motifs is 2. The minimum atomic E-state index is 0.0401. The molecular formula is C53H58N2O. The predicted octanol–water partition coefficient (Wildman–Crippen LogP) is 15.9. The SMILES string of the molecule is COc1ccc2c(N(c3ccc(C(C)C)cc3)c3ccc(C(C)C)cc3)c3cc(C)ccc3c(N(c3ccc(C(C)C)cc3)c3ccc(C(C)(C)C)cc3)c2c1. The van der Waals surface area contributed by atoms with Crippen molar-refractivity contribution in [2.45, 2.75) is 92.4 Å². The van der Waals surface area contributed by atoms with Crippen molar-refractivity contribution in [1.82, 2.24) is 0 Å². The number of hydrogen-bond donors (Lipinski definition) is 0. The Morgan fingerprint density at radius 1 is 0.429 bits per heavy atom. The maximum atomic E-state index is 6.00. The number of rotatable bonds is 10. The van der Waals surface area contributed by atoms with E-state index in [4.69, 9.17) is 4.74 Å². The number of hydrogen-bond acceptors (Lipinski definition) is 3. The fraction of sp³-hybridized carbons (Fsp3) is 0.283. The van der Waals surface area contributed by atoms with Gasteiger partial charge in [0.25, 0.3) is 0 Å². The van der Waals surface area contributed by atoms with Gasteiger partial charge in [0.05, 0.1) is 18.5 Å². The zero-order valence-electron chi connectivity index (χ0n) is 35.2. The lowest BCUT2D eigenvalue weighted by atomic mass is 9.87. The first-order valence-corrected chi connectivity index (χ1v) is 20.3. The fourth-order valence-electron chi connectivity index (χ4n) is 7.84. The molecule has 0 N–H and O–H groups in total. The maximum Gasteiger partial charge on any atom is 0.119 e. The van der Waals surface area contributed by atoms with E-state index in [1.165, 1.54) is 38.6 Å². The molecule has 3 nitrogen and oxygen atoms in total. The summed E-state index contributed by atoms with van der Waals surface area (Å²) in [6.45, 7) is 22.6. The molecule has 7 rings (SSSR count). The van der Waals surface area contributed by atoms with Crippen LogP contribution in [0.3, 0.4) is 0 Å². The van der Waals surface area contributed by atoms with Gasteiger partial charge in [-0.25, -0.2) is 0 Å². The van der Waals surface area contributed by atoms with E-state index in [0.29, 0.717) is 17.8 Å². The van der Waals surface area contributed by atoms with E-state index >= 15 is 0 Å². The molecule has 0 bridgehead atoms. The van der Waals surface area contributed by atoms with E-state index in [9.17, 15) is 0 Å². The third kappa shape index (κ3) is 7.52. The van der Waals surface area contributed by atoms with Crippen molar-refractivity contribution in [3.05, 3.63) is 161 Å². The second-order valence-electron chi connectivity index (χ2n) is 17.4. The molecule has 0 saturated heterocycles. The van der Waals surface area contributed by atoms with Gasteiger partial charge >= 0.3 is 0 Å². The summed E-state index contributed by atoms with van der Waals surface area (Å²) in [5.74, 6) is 2.14. The fourth-order valence-corrected chi connectivity index (χ4v) is 7.84. The molecule has 0 fully saturated rings. The van der Waals surface area contributed by atoms with Crippen LogP contribution in [0.25, 0.3) is 21.5 Å². The van der Waals surface area contributed by atoms with E-state index < -0.39 is 0 Å². The molecule has 7 aromatic carbocycles. The molecule has 0 saturated carbocycles. The lowest BCUT2D eigenvalue weighted by molar-refractivity contribution is 0.415. The zero-order valence-corrected chi connectivity index (χ0v) is 35.2. The van der Waals surface area contributed by atoms with E-state index in [-0.39, 0.29) is 5.41 Å². The third-order valence-electron chi connectivity index (χ3n) is 11.3. The summed E-state index contributed by atoms with van der Waals surface area (Å²) in [5, 5.41) is 4.62. The first kappa shape index (κ1) is 38.7. The summed E-state index contributed by atoms with van der Waals surface area (Å²) in [5.41, 5.74) is 13.3. The Kier molecular flexibility index (Phi) is 10.7. The Bertz CT molecular complexity index is 2400. The molecule has 56 heavy (non-hydrogen) atoms. The van der Waals surface area contributed by atoms with Crippen LogP contribution < -0.4 is 14.5 Å².